The maximum absolute atomic E-state index is 12.3. The van der Waals surface area contributed by atoms with Gasteiger partial charge in [0.25, 0.3) is 0 Å². The zero-order chi connectivity index (χ0) is 16.4. The number of aromatic nitrogens is 3. The van der Waals surface area contributed by atoms with Crippen LogP contribution in [0.15, 0.2) is 22.9 Å². The number of amides is 1. The summed E-state index contributed by atoms with van der Waals surface area (Å²) in [6, 6.07) is 3.82. The summed E-state index contributed by atoms with van der Waals surface area (Å²) >= 11 is 0. The van der Waals surface area contributed by atoms with Crippen LogP contribution in [0.1, 0.15) is 42.8 Å². The highest BCUT2D eigenvalue weighted by Gasteiger charge is 2.25. The summed E-state index contributed by atoms with van der Waals surface area (Å²) in [6.07, 6.45) is 7.51. The van der Waals surface area contributed by atoms with Crippen molar-refractivity contribution in [1.29, 1.82) is 0 Å². The van der Waals surface area contributed by atoms with Gasteiger partial charge < -0.3 is 14.3 Å². The first-order valence-corrected chi connectivity index (χ1v) is 8.65. The third-order valence-corrected chi connectivity index (χ3v) is 4.69. The van der Waals surface area contributed by atoms with Crippen LogP contribution in [0.4, 0.5) is 5.82 Å². The van der Waals surface area contributed by atoms with Gasteiger partial charge in [-0.25, -0.2) is 4.98 Å². The summed E-state index contributed by atoms with van der Waals surface area (Å²) in [4.78, 5) is 25.1. The fourth-order valence-electron chi connectivity index (χ4n) is 3.34. The molecule has 1 amide bonds. The summed E-state index contributed by atoms with van der Waals surface area (Å²) in [7, 11) is 0. The quantitative estimate of drug-likeness (QED) is 0.861. The van der Waals surface area contributed by atoms with Gasteiger partial charge in [-0.2, -0.15) is 4.98 Å². The Morgan fingerprint density at radius 3 is 2.58 bits per heavy atom. The number of hydrogen-bond acceptors (Lipinski definition) is 6. The van der Waals surface area contributed by atoms with E-state index < -0.39 is 0 Å². The van der Waals surface area contributed by atoms with E-state index in [1.54, 1.807) is 11.1 Å². The summed E-state index contributed by atoms with van der Waals surface area (Å²) < 4.78 is 5.19. The molecule has 0 atom stereocenters. The van der Waals surface area contributed by atoms with Gasteiger partial charge >= 0.3 is 11.8 Å². The Kier molecular flexibility index (Phi) is 4.15. The molecule has 0 saturated carbocycles. The molecule has 0 N–H and O–H groups in total. The third kappa shape index (κ3) is 2.98. The normalized spacial score (nSPS) is 18.2. The molecule has 0 aromatic carbocycles. The maximum atomic E-state index is 12.3. The lowest BCUT2D eigenvalue weighted by molar-refractivity contribution is 0.0743. The zero-order valence-electron chi connectivity index (χ0n) is 13.6. The monoisotopic (exact) mass is 327 g/mol. The first kappa shape index (κ1) is 15.1. The van der Waals surface area contributed by atoms with Crippen LogP contribution in [-0.2, 0) is 0 Å². The summed E-state index contributed by atoms with van der Waals surface area (Å²) in [5, 5.41) is 3.99. The van der Waals surface area contributed by atoms with E-state index >= 15 is 0 Å². The van der Waals surface area contributed by atoms with E-state index in [9.17, 15) is 4.79 Å². The van der Waals surface area contributed by atoms with Crippen LogP contribution in [0.3, 0.4) is 0 Å². The van der Waals surface area contributed by atoms with Gasteiger partial charge in [0, 0.05) is 37.9 Å². The van der Waals surface area contributed by atoms with E-state index in [4.69, 9.17) is 4.52 Å². The van der Waals surface area contributed by atoms with Gasteiger partial charge in [-0.15, -0.1) is 0 Å². The molecular weight excluding hydrogens is 306 g/mol. The van der Waals surface area contributed by atoms with E-state index in [0.717, 1.165) is 50.4 Å². The van der Waals surface area contributed by atoms with Gasteiger partial charge in [-0.05, 0) is 44.2 Å². The van der Waals surface area contributed by atoms with Crippen LogP contribution >= 0.6 is 0 Å². The molecule has 2 aliphatic rings. The molecule has 7 heteroatoms. The lowest BCUT2D eigenvalue weighted by atomic mass is 10.1. The minimum Gasteiger partial charge on any atom is -0.357 e. The molecule has 0 unspecified atom stereocenters. The van der Waals surface area contributed by atoms with Crippen molar-refractivity contribution in [1.82, 2.24) is 20.0 Å². The Morgan fingerprint density at radius 2 is 1.79 bits per heavy atom. The van der Waals surface area contributed by atoms with Crippen molar-refractivity contribution in [3.63, 3.8) is 0 Å². The van der Waals surface area contributed by atoms with Gasteiger partial charge in [-0.1, -0.05) is 5.16 Å². The zero-order valence-corrected chi connectivity index (χ0v) is 13.6. The molecule has 0 bridgehead atoms. The lowest BCUT2D eigenvalue weighted by Gasteiger charge is -2.27. The van der Waals surface area contributed by atoms with Crippen molar-refractivity contribution in [3.8, 4) is 11.4 Å². The second-order valence-electron chi connectivity index (χ2n) is 6.37. The first-order chi connectivity index (χ1) is 11.8. The van der Waals surface area contributed by atoms with Crippen LogP contribution < -0.4 is 4.90 Å². The van der Waals surface area contributed by atoms with Crippen LogP contribution in [0, 0.1) is 0 Å². The molecule has 2 saturated heterocycles. The fourth-order valence-corrected chi connectivity index (χ4v) is 3.34. The smallest absolute Gasteiger partial charge is 0.316 e. The molecule has 2 aromatic heterocycles. The number of rotatable bonds is 3. The number of carbonyl (C=O) groups is 1. The lowest BCUT2D eigenvalue weighted by Crippen LogP contribution is -2.30. The Morgan fingerprint density at radius 1 is 1.04 bits per heavy atom. The number of likely N-dealkylation sites (tertiary alicyclic amines) is 1. The Balaban J connectivity index is 1.54. The average Bonchev–Trinajstić information content (AvgIpc) is 3.34. The van der Waals surface area contributed by atoms with Crippen molar-refractivity contribution in [2.24, 2.45) is 0 Å². The van der Waals surface area contributed by atoms with Crippen molar-refractivity contribution in [3.05, 3.63) is 24.2 Å². The molecular formula is C17H21N5O2. The second kappa shape index (κ2) is 6.59. The van der Waals surface area contributed by atoms with E-state index in [1.165, 1.54) is 19.3 Å². The molecule has 0 spiro atoms. The largest absolute Gasteiger partial charge is 0.357 e. The number of hydrogen-bond donors (Lipinski definition) is 0. The molecule has 2 aliphatic heterocycles. The topological polar surface area (TPSA) is 75.4 Å². The first-order valence-electron chi connectivity index (χ1n) is 8.65. The van der Waals surface area contributed by atoms with Crippen molar-refractivity contribution in [2.45, 2.75) is 32.1 Å². The minimum atomic E-state index is -0.170. The predicted molar refractivity (Wildman–Crippen MR) is 88.7 cm³/mol. The predicted octanol–water partition coefficient (Wildman–Crippen LogP) is 2.36. The molecule has 24 heavy (non-hydrogen) atoms. The van der Waals surface area contributed by atoms with Crippen LogP contribution in [0.25, 0.3) is 11.4 Å². The van der Waals surface area contributed by atoms with E-state index in [1.807, 2.05) is 12.1 Å². The Labute approximate surface area is 140 Å². The van der Waals surface area contributed by atoms with Gasteiger partial charge in [-0.3, -0.25) is 4.79 Å². The fraction of sp³-hybridized carbons (Fsp3) is 0.529. The Hall–Kier alpha value is -2.44. The molecule has 4 heterocycles. The summed E-state index contributed by atoms with van der Waals surface area (Å²) in [5.41, 5.74) is 0.829. The number of piperidine rings is 1. The van der Waals surface area contributed by atoms with E-state index in [-0.39, 0.29) is 11.8 Å². The van der Waals surface area contributed by atoms with Crippen molar-refractivity contribution < 1.29 is 9.32 Å². The molecule has 126 valence electrons. The molecule has 2 fully saturated rings. The third-order valence-electron chi connectivity index (χ3n) is 4.69. The standard InChI is InChI=1S/C17H21N5O2/c23-17(22-10-4-5-11-22)16-19-15(20-24-16)13-6-7-18-14(12-13)21-8-2-1-3-9-21/h6-7,12H,1-5,8-11H2. The van der Waals surface area contributed by atoms with E-state index in [0.29, 0.717) is 5.82 Å². The number of anilines is 1. The number of pyridine rings is 1. The highest BCUT2D eigenvalue weighted by Crippen LogP contribution is 2.23. The van der Waals surface area contributed by atoms with Crippen molar-refractivity contribution >= 4 is 11.7 Å². The van der Waals surface area contributed by atoms with Crippen LogP contribution in [-0.4, -0.2) is 52.1 Å². The number of nitrogens with zero attached hydrogens (tertiary/aromatic N) is 5. The Bertz CT molecular complexity index is 717. The minimum absolute atomic E-state index is 0.0724. The summed E-state index contributed by atoms with van der Waals surface area (Å²) in [6.45, 7) is 3.60. The highest BCUT2D eigenvalue weighted by molar-refractivity contribution is 5.90. The van der Waals surface area contributed by atoms with Gasteiger partial charge in [0.1, 0.15) is 5.82 Å². The van der Waals surface area contributed by atoms with Crippen molar-refractivity contribution in [2.75, 3.05) is 31.1 Å². The SMILES string of the molecule is O=C(c1nc(-c2ccnc(N3CCCCC3)c2)no1)N1CCCC1. The average molecular weight is 327 g/mol. The number of carbonyl (C=O) groups excluding carboxylic acids is 1. The second-order valence-corrected chi connectivity index (χ2v) is 6.37. The van der Waals surface area contributed by atoms with Crippen LogP contribution in [0.2, 0.25) is 0 Å². The summed E-state index contributed by atoms with van der Waals surface area (Å²) in [5.74, 6) is 1.28. The molecule has 2 aromatic rings. The van der Waals surface area contributed by atoms with Crippen LogP contribution in [0.5, 0.6) is 0 Å². The van der Waals surface area contributed by atoms with Gasteiger partial charge in [0.05, 0.1) is 0 Å². The van der Waals surface area contributed by atoms with E-state index in [2.05, 4.69) is 20.0 Å². The van der Waals surface area contributed by atoms with Gasteiger partial charge in [0.15, 0.2) is 0 Å². The molecule has 0 radical (unpaired) electrons. The molecule has 7 nitrogen and oxygen atoms in total. The highest BCUT2D eigenvalue weighted by atomic mass is 16.5. The maximum Gasteiger partial charge on any atom is 0.316 e. The van der Waals surface area contributed by atoms with Gasteiger partial charge in [0.2, 0.25) is 5.82 Å². The molecule has 4 rings (SSSR count). The molecule has 0 aliphatic carbocycles.